The van der Waals surface area contributed by atoms with Crippen molar-refractivity contribution in [2.24, 2.45) is 0 Å². The van der Waals surface area contributed by atoms with Gasteiger partial charge in [-0.15, -0.1) is 11.3 Å². The van der Waals surface area contributed by atoms with Crippen LogP contribution in [-0.4, -0.2) is 38.4 Å². The fraction of sp³-hybridized carbons (Fsp3) is 0.471. The molecule has 0 bridgehead atoms. The van der Waals surface area contributed by atoms with E-state index in [1.807, 2.05) is 17.9 Å². The number of aromatic nitrogens is 3. The molecule has 1 saturated heterocycles. The third-order valence-electron chi connectivity index (χ3n) is 4.70. The molecule has 0 aromatic carbocycles. The van der Waals surface area contributed by atoms with Crippen molar-refractivity contribution in [2.45, 2.75) is 38.5 Å². The van der Waals surface area contributed by atoms with Crippen LogP contribution in [-0.2, 0) is 11.2 Å². The molecule has 1 unspecified atom stereocenters. The molecule has 0 aliphatic carbocycles. The van der Waals surface area contributed by atoms with E-state index in [-0.39, 0.29) is 5.91 Å². The highest BCUT2D eigenvalue weighted by Crippen LogP contribution is 2.32. The first kappa shape index (κ1) is 15.4. The highest BCUT2D eigenvalue weighted by Gasteiger charge is 2.28. The number of fused-ring (bicyclic) bond motifs is 1. The maximum absolute atomic E-state index is 12.5. The van der Waals surface area contributed by atoms with Crippen molar-refractivity contribution in [3.63, 3.8) is 0 Å². The fourth-order valence-corrected chi connectivity index (χ4v) is 4.40. The Labute approximate surface area is 144 Å². The van der Waals surface area contributed by atoms with Gasteiger partial charge in [0.2, 0.25) is 5.91 Å². The average Bonchev–Trinajstić information content (AvgIpc) is 3.32. The smallest absolute Gasteiger partial charge is 0.223 e. The van der Waals surface area contributed by atoms with Gasteiger partial charge in [0.25, 0.3) is 0 Å². The van der Waals surface area contributed by atoms with E-state index in [2.05, 4.69) is 21.1 Å². The van der Waals surface area contributed by atoms with Crippen LogP contribution >= 0.6 is 11.3 Å². The number of aryl methyl sites for hydroxylation is 2. The molecule has 4 heterocycles. The minimum atomic E-state index is 0.189. The molecule has 1 amide bonds. The van der Waals surface area contributed by atoms with E-state index < -0.39 is 0 Å². The number of thiazole rings is 1. The number of carbonyl (C=O) groups is 1. The lowest BCUT2D eigenvalue weighted by Crippen LogP contribution is -2.39. The van der Waals surface area contributed by atoms with Crippen molar-refractivity contribution < 1.29 is 9.32 Å². The van der Waals surface area contributed by atoms with Crippen molar-refractivity contribution in [1.29, 1.82) is 0 Å². The van der Waals surface area contributed by atoms with Crippen LogP contribution in [0.3, 0.4) is 0 Å². The third kappa shape index (κ3) is 2.84. The van der Waals surface area contributed by atoms with Crippen molar-refractivity contribution in [2.75, 3.05) is 13.1 Å². The van der Waals surface area contributed by atoms with E-state index in [0.717, 1.165) is 43.2 Å². The molecule has 1 aliphatic rings. The number of nitrogens with zero attached hydrogens (tertiary/aromatic N) is 4. The summed E-state index contributed by atoms with van der Waals surface area (Å²) in [7, 11) is 0. The third-order valence-corrected chi connectivity index (χ3v) is 5.58. The Hall–Kier alpha value is -2.15. The number of hydrogen-bond donors (Lipinski definition) is 0. The predicted octanol–water partition coefficient (Wildman–Crippen LogP) is 3.03. The van der Waals surface area contributed by atoms with E-state index >= 15 is 0 Å². The summed E-state index contributed by atoms with van der Waals surface area (Å²) in [5, 5.41) is 5.78. The molecule has 6 nitrogen and oxygen atoms in total. The van der Waals surface area contributed by atoms with Gasteiger partial charge in [-0.2, -0.15) is 0 Å². The lowest BCUT2D eigenvalue weighted by atomic mass is 9.95. The second-order valence-electron chi connectivity index (χ2n) is 6.28. The molecule has 1 atom stereocenters. The van der Waals surface area contributed by atoms with Gasteiger partial charge in [0.1, 0.15) is 16.4 Å². The van der Waals surface area contributed by atoms with Crippen LogP contribution in [0.5, 0.6) is 0 Å². The van der Waals surface area contributed by atoms with Gasteiger partial charge in [0.05, 0.1) is 11.9 Å². The van der Waals surface area contributed by atoms with Gasteiger partial charge >= 0.3 is 0 Å². The average molecular weight is 344 g/mol. The molecular formula is C17H20N4O2S. The van der Waals surface area contributed by atoms with Crippen LogP contribution < -0.4 is 0 Å². The van der Waals surface area contributed by atoms with Crippen LogP contribution in [0, 0.1) is 6.92 Å². The Morgan fingerprint density at radius 1 is 1.50 bits per heavy atom. The summed E-state index contributed by atoms with van der Waals surface area (Å²) in [6.07, 6.45) is 6.88. The van der Waals surface area contributed by atoms with Crippen molar-refractivity contribution >= 4 is 22.1 Å². The first-order valence-electron chi connectivity index (χ1n) is 8.32. The summed E-state index contributed by atoms with van der Waals surface area (Å²) >= 11 is 1.72. The van der Waals surface area contributed by atoms with E-state index in [1.165, 1.54) is 4.83 Å². The quantitative estimate of drug-likeness (QED) is 0.730. The van der Waals surface area contributed by atoms with Crippen LogP contribution in [0.1, 0.15) is 42.5 Å². The number of piperidine rings is 1. The molecule has 3 aromatic rings. The van der Waals surface area contributed by atoms with Gasteiger partial charge in [-0.1, -0.05) is 5.16 Å². The highest BCUT2D eigenvalue weighted by atomic mass is 32.1. The monoisotopic (exact) mass is 344 g/mol. The first-order chi connectivity index (χ1) is 11.7. The SMILES string of the molecule is Cc1nc(C2CCCN(C(=O)CCc3ccno3)C2)c2sccn12. The topological polar surface area (TPSA) is 63.6 Å². The number of rotatable bonds is 4. The van der Waals surface area contributed by atoms with E-state index in [0.29, 0.717) is 18.8 Å². The lowest BCUT2D eigenvalue weighted by Gasteiger charge is -2.32. The zero-order chi connectivity index (χ0) is 16.5. The molecule has 0 spiro atoms. The van der Waals surface area contributed by atoms with E-state index in [1.54, 1.807) is 17.5 Å². The molecule has 3 aromatic heterocycles. The van der Waals surface area contributed by atoms with Gasteiger partial charge in [0.15, 0.2) is 0 Å². The molecule has 0 radical (unpaired) electrons. The number of imidazole rings is 1. The van der Waals surface area contributed by atoms with Gasteiger partial charge in [0, 0.05) is 49.5 Å². The Morgan fingerprint density at radius 2 is 2.42 bits per heavy atom. The van der Waals surface area contributed by atoms with E-state index in [9.17, 15) is 4.79 Å². The van der Waals surface area contributed by atoms with Crippen LogP contribution in [0.2, 0.25) is 0 Å². The summed E-state index contributed by atoms with van der Waals surface area (Å²) in [6, 6.07) is 1.81. The van der Waals surface area contributed by atoms with Gasteiger partial charge in [-0.25, -0.2) is 4.98 Å². The Morgan fingerprint density at radius 3 is 3.25 bits per heavy atom. The lowest BCUT2D eigenvalue weighted by molar-refractivity contribution is -0.132. The van der Waals surface area contributed by atoms with Gasteiger partial charge in [-0.05, 0) is 19.8 Å². The minimum Gasteiger partial charge on any atom is -0.361 e. The summed E-state index contributed by atoms with van der Waals surface area (Å²) < 4.78 is 7.22. The summed E-state index contributed by atoms with van der Waals surface area (Å²) in [5.41, 5.74) is 1.15. The largest absolute Gasteiger partial charge is 0.361 e. The van der Waals surface area contributed by atoms with Crippen molar-refractivity contribution in [1.82, 2.24) is 19.4 Å². The van der Waals surface area contributed by atoms with Crippen LogP contribution in [0.15, 0.2) is 28.4 Å². The van der Waals surface area contributed by atoms with E-state index in [4.69, 9.17) is 9.51 Å². The molecule has 1 fully saturated rings. The van der Waals surface area contributed by atoms with Gasteiger partial charge in [-0.3, -0.25) is 9.20 Å². The van der Waals surface area contributed by atoms with Crippen LogP contribution in [0.4, 0.5) is 0 Å². The molecule has 0 saturated carbocycles. The maximum Gasteiger partial charge on any atom is 0.223 e. The Bertz CT molecular complexity index is 836. The molecule has 0 N–H and O–H groups in total. The zero-order valence-electron chi connectivity index (χ0n) is 13.6. The van der Waals surface area contributed by atoms with Gasteiger partial charge < -0.3 is 9.42 Å². The zero-order valence-corrected chi connectivity index (χ0v) is 14.5. The second-order valence-corrected chi connectivity index (χ2v) is 7.17. The van der Waals surface area contributed by atoms with Crippen molar-refractivity contribution in [3.8, 4) is 0 Å². The maximum atomic E-state index is 12.5. The number of hydrogen-bond acceptors (Lipinski definition) is 5. The molecule has 24 heavy (non-hydrogen) atoms. The second kappa shape index (κ2) is 6.39. The summed E-state index contributed by atoms with van der Waals surface area (Å²) in [6.45, 7) is 3.64. The number of carbonyl (C=O) groups excluding carboxylic acids is 1. The molecular weight excluding hydrogens is 324 g/mol. The summed E-state index contributed by atoms with van der Waals surface area (Å²) in [5.74, 6) is 2.31. The molecule has 1 aliphatic heterocycles. The molecule has 7 heteroatoms. The first-order valence-corrected chi connectivity index (χ1v) is 9.19. The number of likely N-dealkylation sites (tertiary alicyclic amines) is 1. The normalized spacial score (nSPS) is 18.4. The Kier molecular flexibility index (Phi) is 4.10. The predicted molar refractivity (Wildman–Crippen MR) is 91.2 cm³/mol. The van der Waals surface area contributed by atoms with Crippen LogP contribution in [0.25, 0.3) is 4.83 Å². The minimum absolute atomic E-state index is 0.189. The molecule has 4 rings (SSSR count). The van der Waals surface area contributed by atoms with Crippen molar-refractivity contribution in [3.05, 3.63) is 41.1 Å². The molecule has 126 valence electrons. The standard InChI is InChI=1S/C17H20N4O2S/c1-12-19-16(17-21(12)9-10-24-17)13-3-2-8-20(11-13)15(22)5-4-14-6-7-18-23-14/h6-7,9-10,13H,2-5,8,11H2,1H3. The summed E-state index contributed by atoms with van der Waals surface area (Å²) in [4.78, 5) is 20.5. The highest BCUT2D eigenvalue weighted by molar-refractivity contribution is 7.15. The fourth-order valence-electron chi connectivity index (χ4n) is 3.45. The number of amides is 1. The Balaban J connectivity index is 1.45.